The molecule has 0 bridgehead atoms. The molecule has 22 heavy (non-hydrogen) atoms. The first kappa shape index (κ1) is 17.9. The molecule has 0 aromatic carbocycles. The molecule has 0 aliphatic heterocycles. The van der Waals surface area contributed by atoms with E-state index in [9.17, 15) is 18.0 Å². The number of nitrogen functional groups attached to an aromatic ring is 1. The summed E-state index contributed by atoms with van der Waals surface area (Å²) in [5, 5.41) is 0. The molecule has 1 aromatic heterocycles. The molecule has 1 amide bonds. The van der Waals surface area contributed by atoms with Crippen LogP contribution in [-0.4, -0.2) is 55.8 Å². The van der Waals surface area contributed by atoms with Gasteiger partial charge in [-0.3, -0.25) is 4.79 Å². The van der Waals surface area contributed by atoms with Gasteiger partial charge in [0.05, 0.1) is 5.69 Å². The quantitative estimate of drug-likeness (QED) is 0.860. The Morgan fingerprint density at radius 2 is 1.95 bits per heavy atom. The first-order valence-electron chi connectivity index (χ1n) is 6.49. The summed E-state index contributed by atoms with van der Waals surface area (Å²) in [4.78, 5) is 18.3. The number of nitrogens with two attached hydrogens (primary N) is 1. The molecule has 1 heterocycles. The molecule has 1 rings (SSSR count). The third-order valence-electron chi connectivity index (χ3n) is 2.95. The van der Waals surface area contributed by atoms with Crippen LogP contribution in [0.5, 0.6) is 5.88 Å². The smallest absolute Gasteiger partial charge is 0.422 e. The topological polar surface area (TPSA) is 71.7 Å². The van der Waals surface area contributed by atoms with Crippen molar-refractivity contribution >= 4 is 17.4 Å². The molecule has 9 heteroatoms. The van der Waals surface area contributed by atoms with Gasteiger partial charge < -0.3 is 20.3 Å². The highest BCUT2D eigenvalue weighted by molar-refractivity contribution is 5.72. The number of halogens is 3. The molecule has 1 aromatic rings. The maximum Gasteiger partial charge on any atom is 0.422 e. The summed E-state index contributed by atoms with van der Waals surface area (Å²) in [6.07, 6.45) is -4.46. The number of aromatic nitrogens is 1. The highest BCUT2D eigenvalue weighted by Gasteiger charge is 2.29. The standard InChI is InChI=1S/C13H19F3N4O2/c1-9(21)19(2)6-7-20(3)11-5-4-10(17)12(18-11)22-8-13(14,15)16/h4-5H,6-8,17H2,1-3H3. The van der Waals surface area contributed by atoms with Crippen LogP contribution in [0.3, 0.4) is 0 Å². The zero-order valence-corrected chi connectivity index (χ0v) is 12.6. The van der Waals surface area contributed by atoms with E-state index in [-0.39, 0.29) is 17.5 Å². The summed E-state index contributed by atoms with van der Waals surface area (Å²) in [5.41, 5.74) is 5.58. The number of carbonyl (C=O) groups is 1. The summed E-state index contributed by atoms with van der Waals surface area (Å²) in [6.45, 7) is 0.914. The number of carbonyl (C=O) groups excluding carboxylic acids is 1. The summed E-state index contributed by atoms with van der Waals surface area (Å²) >= 11 is 0. The van der Waals surface area contributed by atoms with Gasteiger partial charge >= 0.3 is 6.18 Å². The van der Waals surface area contributed by atoms with Crippen molar-refractivity contribution in [3.63, 3.8) is 0 Å². The van der Waals surface area contributed by atoms with Crippen molar-refractivity contribution in [3.05, 3.63) is 12.1 Å². The van der Waals surface area contributed by atoms with E-state index in [0.717, 1.165) is 0 Å². The van der Waals surface area contributed by atoms with Gasteiger partial charge in [-0.05, 0) is 12.1 Å². The van der Waals surface area contributed by atoms with E-state index in [4.69, 9.17) is 5.73 Å². The van der Waals surface area contributed by atoms with E-state index in [1.807, 2.05) is 0 Å². The molecule has 0 radical (unpaired) electrons. The minimum atomic E-state index is -4.46. The maximum absolute atomic E-state index is 12.2. The van der Waals surface area contributed by atoms with E-state index in [1.165, 1.54) is 17.9 Å². The lowest BCUT2D eigenvalue weighted by Gasteiger charge is -2.23. The van der Waals surface area contributed by atoms with Crippen molar-refractivity contribution < 1.29 is 22.7 Å². The van der Waals surface area contributed by atoms with Crippen LogP contribution in [0.2, 0.25) is 0 Å². The number of hydrogen-bond donors (Lipinski definition) is 1. The van der Waals surface area contributed by atoms with Crippen molar-refractivity contribution in [2.24, 2.45) is 0 Å². The molecule has 2 N–H and O–H groups in total. The van der Waals surface area contributed by atoms with Gasteiger partial charge in [-0.15, -0.1) is 0 Å². The molecule has 6 nitrogen and oxygen atoms in total. The Balaban J connectivity index is 2.73. The summed E-state index contributed by atoms with van der Waals surface area (Å²) in [5.74, 6) is 0.0674. The van der Waals surface area contributed by atoms with Gasteiger partial charge in [0.2, 0.25) is 11.8 Å². The first-order chi connectivity index (χ1) is 10.1. The lowest BCUT2D eigenvalue weighted by Crippen LogP contribution is -2.33. The van der Waals surface area contributed by atoms with Crippen molar-refractivity contribution in [2.45, 2.75) is 13.1 Å². The molecule has 0 spiro atoms. The molecule has 0 saturated carbocycles. The predicted molar refractivity (Wildman–Crippen MR) is 76.8 cm³/mol. The third kappa shape index (κ3) is 5.66. The molecule has 0 saturated heterocycles. The average Bonchev–Trinajstić information content (AvgIpc) is 2.42. The van der Waals surface area contributed by atoms with Gasteiger partial charge in [0.25, 0.3) is 0 Å². The van der Waals surface area contributed by atoms with Crippen molar-refractivity contribution in [1.82, 2.24) is 9.88 Å². The van der Waals surface area contributed by atoms with Gasteiger partial charge in [-0.25, -0.2) is 0 Å². The molecule has 0 unspecified atom stereocenters. The summed E-state index contributed by atoms with van der Waals surface area (Å²) < 4.78 is 41.1. The van der Waals surface area contributed by atoms with E-state index >= 15 is 0 Å². The number of ether oxygens (including phenoxy) is 1. The first-order valence-corrected chi connectivity index (χ1v) is 6.49. The van der Waals surface area contributed by atoms with Gasteiger partial charge in [0, 0.05) is 34.1 Å². The number of anilines is 2. The number of alkyl halides is 3. The fourth-order valence-electron chi connectivity index (χ4n) is 1.49. The SMILES string of the molecule is CC(=O)N(C)CCN(C)c1ccc(N)c(OCC(F)(F)F)n1. The average molecular weight is 320 g/mol. The van der Waals surface area contributed by atoms with E-state index in [2.05, 4.69) is 9.72 Å². The Morgan fingerprint density at radius 1 is 1.32 bits per heavy atom. The van der Waals surface area contributed by atoms with Crippen LogP contribution >= 0.6 is 0 Å². The van der Waals surface area contributed by atoms with E-state index in [1.54, 1.807) is 25.1 Å². The van der Waals surface area contributed by atoms with Crippen LogP contribution in [0.15, 0.2) is 12.1 Å². The zero-order chi connectivity index (χ0) is 16.9. The van der Waals surface area contributed by atoms with Crippen molar-refractivity contribution in [1.29, 1.82) is 0 Å². The van der Waals surface area contributed by atoms with Crippen molar-refractivity contribution in [3.8, 4) is 5.88 Å². The lowest BCUT2D eigenvalue weighted by molar-refractivity contribution is -0.153. The lowest BCUT2D eigenvalue weighted by atomic mass is 10.3. The van der Waals surface area contributed by atoms with Crippen LogP contribution in [0.25, 0.3) is 0 Å². The molecule has 0 atom stereocenters. The highest BCUT2D eigenvalue weighted by Crippen LogP contribution is 2.25. The van der Waals surface area contributed by atoms with Gasteiger partial charge in [-0.1, -0.05) is 0 Å². The fourth-order valence-corrected chi connectivity index (χ4v) is 1.49. The summed E-state index contributed by atoms with van der Waals surface area (Å²) in [6, 6.07) is 3.00. The second kappa shape index (κ2) is 7.19. The number of amides is 1. The van der Waals surface area contributed by atoms with Gasteiger partial charge in [0.15, 0.2) is 6.61 Å². The normalized spacial score (nSPS) is 11.2. The van der Waals surface area contributed by atoms with Crippen LogP contribution in [0, 0.1) is 0 Å². The molecule has 0 fully saturated rings. The Morgan fingerprint density at radius 3 is 2.50 bits per heavy atom. The fraction of sp³-hybridized carbons (Fsp3) is 0.538. The van der Waals surface area contributed by atoms with Gasteiger partial charge in [-0.2, -0.15) is 18.2 Å². The number of likely N-dealkylation sites (N-methyl/N-ethyl adjacent to an activating group) is 2. The largest absolute Gasteiger partial charge is 0.466 e. The number of pyridine rings is 1. The van der Waals surface area contributed by atoms with Gasteiger partial charge in [0.1, 0.15) is 5.82 Å². The summed E-state index contributed by atoms with van der Waals surface area (Å²) in [7, 11) is 3.37. The van der Waals surface area contributed by atoms with Crippen LogP contribution < -0.4 is 15.4 Å². The number of hydrogen-bond acceptors (Lipinski definition) is 5. The number of rotatable bonds is 6. The maximum atomic E-state index is 12.2. The van der Waals surface area contributed by atoms with E-state index in [0.29, 0.717) is 18.9 Å². The van der Waals surface area contributed by atoms with Crippen LogP contribution in [0.1, 0.15) is 6.92 Å². The van der Waals surface area contributed by atoms with Crippen molar-refractivity contribution in [2.75, 3.05) is 44.4 Å². The Labute approximate surface area is 126 Å². The minimum absolute atomic E-state index is 0.0299. The molecule has 124 valence electrons. The Bertz CT molecular complexity index is 522. The second-order valence-electron chi connectivity index (χ2n) is 4.83. The molecule has 0 aliphatic carbocycles. The molecular formula is C13H19F3N4O2. The Hall–Kier alpha value is -2.19. The van der Waals surface area contributed by atoms with Crippen LogP contribution in [-0.2, 0) is 4.79 Å². The Kier molecular flexibility index (Phi) is 5.84. The number of nitrogens with zero attached hydrogens (tertiary/aromatic N) is 3. The second-order valence-corrected chi connectivity index (χ2v) is 4.83. The predicted octanol–water partition coefficient (Wildman–Crippen LogP) is 1.52. The zero-order valence-electron chi connectivity index (χ0n) is 12.6. The molecular weight excluding hydrogens is 301 g/mol. The highest BCUT2D eigenvalue weighted by atomic mass is 19.4. The van der Waals surface area contributed by atoms with E-state index < -0.39 is 12.8 Å². The monoisotopic (exact) mass is 320 g/mol. The minimum Gasteiger partial charge on any atom is -0.466 e. The molecule has 0 aliphatic rings. The van der Waals surface area contributed by atoms with Crippen LogP contribution in [0.4, 0.5) is 24.7 Å². The third-order valence-corrected chi connectivity index (χ3v) is 2.95.